The fraction of sp³-hybridized carbons (Fsp3) is 0.429. The molecule has 0 fully saturated rings. The molecule has 3 N–H and O–H groups in total. The molecule has 2 amide bonds. The van der Waals surface area contributed by atoms with Crippen LogP contribution in [-0.2, 0) is 16.0 Å². The van der Waals surface area contributed by atoms with Gasteiger partial charge in [-0.15, -0.1) is 12.4 Å². The third-order valence-electron chi connectivity index (χ3n) is 3.22. The van der Waals surface area contributed by atoms with Crippen molar-refractivity contribution in [1.82, 2.24) is 16.0 Å². The van der Waals surface area contributed by atoms with Crippen LogP contribution in [0, 0.1) is 0 Å². The zero-order chi connectivity index (χ0) is 13.7. The lowest BCUT2D eigenvalue weighted by Gasteiger charge is -2.27. The predicted molar refractivity (Wildman–Crippen MR) is 79.8 cm³/mol. The molecule has 0 aliphatic carbocycles. The van der Waals surface area contributed by atoms with Crippen molar-refractivity contribution < 1.29 is 9.59 Å². The standard InChI is InChI=1S/C14H19N3O2.ClH/c1-10(18)16-9-14(19)17-8-13-12-5-3-2-4-11(12)6-7-15-13;/h2-5,13,15H,6-9H2,1H3,(H,16,18)(H,17,19);1H. The van der Waals surface area contributed by atoms with Crippen LogP contribution in [0.1, 0.15) is 24.1 Å². The Labute approximate surface area is 124 Å². The summed E-state index contributed by atoms with van der Waals surface area (Å²) in [6.45, 7) is 2.88. The maximum atomic E-state index is 11.5. The van der Waals surface area contributed by atoms with E-state index in [4.69, 9.17) is 0 Å². The number of benzene rings is 1. The van der Waals surface area contributed by atoms with Crippen LogP contribution in [0.15, 0.2) is 24.3 Å². The van der Waals surface area contributed by atoms with E-state index < -0.39 is 0 Å². The van der Waals surface area contributed by atoms with E-state index in [1.807, 2.05) is 12.1 Å². The van der Waals surface area contributed by atoms with Crippen molar-refractivity contribution in [3.8, 4) is 0 Å². The van der Waals surface area contributed by atoms with Gasteiger partial charge in [-0.25, -0.2) is 0 Å². The highest BCUT2D eigenvalue weighted by Crippen LogP contribution is 2.21. The molecule has 0 aromatic heterocycles. The fourth-order valence-electron chi connectivity index (χ4n) is 2.26. The van der Waals surface area contributed by atoms with E-state index in [2.05, 4.69) is 28.1 Å². The van der Waals surface area contributed by atoms with E-state index in [1.165, 1.54) is 18.1 Å². The summed E-state index contributed by atoms with van der Waals surface area (Å²) in [4.78, 5) is 22.3. The second-order valence-electron chi connectivity index (χ2n) is 4.67. The van der Waals surface area contributed by atoms with Crippen molar-refractivity contribution in [3.63, 3.8) is 0 Å². The average molecular weight is 298 g/mol. The third kappa shape index (κ3) is 4.51. The lowest BCUT2D eigenvalue weighted by atomic mass is 9.94. The van der Waals surface area contributed by atoms with Crippen LogP contribution in [0.3, 0.4) is 0 Å². The number of hydrogen-bond acceptors (Lipinski definition) is 3. The molecule has 110 valence electrons. The zero-order valence-electron chi connectivity index (χ0n) is 11.4. The van der Waals surface area contributed by atoms with Crippen LogP contribution in [-0.4, -0.2) is 31.4 Å². The maximum absolute atomic E-state index is 11.5. The average Bonchev–Trinajstić information content (AvgIpc) is 2.42. The van der Waals surface area contributed by atoms with E-state index in [0.29, 0.717) is 6.54 Å². The molecule has 1 unspecified atom stereocenters. The quantitative estimate of drug-likeness (QED) is 0.760. The summed E-state index contributed by atoms with van der Waals surface area (Å²) < 4.78 is 0. The van der Waals surface area contributed by atoms with Gasteiger partial charge >= 0.3 is 0 Å². The van der Waals surface area contributed by atoms with Crippen molar-refractivity contribution >= 4 is 24.2 Å². The highest BCUT2D eigenvalue weighted by Gasteiger charge is 2.19. The lowest BCUT2D eigenvalue weighted by molar-refractivity contribution is -0.125. The first-order valence-corrected chi connectivity index (χ1v) is 6.49. The van der Waals surface area contributed by atoms with Crippen molar-refractivity contribution in [3.05, 3.63) is 35.4 Å². The Morgan fingerprint density at radius 3 is 2.80 bits per heavy atom. The predicted octanol–water partition coefficient (Wildman–Crippen LogP) is 0.548. The molecular formula is C14H20ClN3O2. The molecule has 0 saturated carbocycles. The van der Waals surface area contributed by atoms with Gasteiger partial charge in [0.05, 0.1) is 6.54 Å². The number of nitrogens with one attached hydrogen (secondary N) is 3. The molecule has 0 spiro atoms. The Morgan fingerprint density at radius 2 is 2.05 bits per heavy atom. The lowest BCUT2D eigenvalue weighted by Crippen LogP contribution is -2.42. The molecule has 1 aromatic carbocycles. The van der Waals surface area contributed by atoms with Gasteiger partial charge in [0, 0.05) is 19.5 Å². The van der Waals surface area contributed by atoms with Gasteiger partial charge in [-0.3, -0.25) is 9.59 Å². The van der Waals surface area contributed by atoms with Crippen LogP contribution in [0.5, 0.6) is 0 Å². The Balaban J connectivity index is 0.00000200. The molecule has 1 aliphatic rings. The van der Waals surface area contributed by atoms with E-state index in [1.54, 1.807) is 0 Å². The largest absolute Gasteiger partial charge is 0.353 e. The molecule has 20 heavy (non-hydrogen) atoms. The van der Waals surface area contributed by atoms with Crippen LogP contribution in [0.25, 0.3) is 0 Å². The van der Waals surface area contributed by atoms with Crippen LogP contribution in [0.4, 0.5) is 0 Å². The minimum absolute atomic E-state index is 0. The number of hydrogen-bond donors (Lipinski definition) is 3. The first kappa shape index (κ1) is 16.5. The Hall–Kier alpha value is -1.59. The smallest absolute Gasteiger partial charge is 0.239 e. The molecule has 6 heteroatoms. The molecule has 0 saturated heterocycles. The van der Waals surface area contributed by atoms with E-state index >= 15 is 0 Å². The van der Waals surface area contributed by atoms with Gasteiger partial charge < -0.3 is 16.0 Å². The summed E-state index contributed by atoms with van der Waals surface area (Å²) in [7, 11) is 0. The highest BCUT2D eigenvalue weighted by molar-refractivity contribution is 5.85. The monoisotopic (exact) mass is 297 g/mol. The number of carbonyl (C=O) groups is 2. The molecule has 1 heterocycles. The van der Waals surface area contributed by atoms with Gasteiger partial charge in [0.25, 0.3) is 0 Å². The van der Waals surface area contributed by atoms with E-state index in [-0.39, 0.29) is 36.8 Å². The first-order valence-electron chi connectivity index (χ1n) is 6.49. The fourth-order valence-corrected chi connectivity index (χ4v) is 2.26. The van der Waals surface area contributed by atoms with Gasteiger partial charge in [0.2, 0.25) is 11.8 Å². The molecule has 1 aliphatic heterocycles. The van der Waals surface area contributed by atoms with Crippen LogP contribution in [0.2, 0.25) is 0 Å². The molecule has 0 radical (unpaired) electrons. The Bertz CT molecular complexity index is 479. The SMILES string of the molecule is CC(=O)NCC(=O)NCC1NCCc2ccccc21.Cl. The number of rotatable bonds is 4. The topological polar surface area (TPSA) is 70.2 Å². The number of fused-ring (bicyclic) bond motifs is 1. The van der Waals surface area contributed by atoms with Crippen LogP contribution >= 0.6 is 12.4 Å². The summed E-state index contributed by atoms with van der Waals surface area (Å²) in [5.41, 5.74) is 2.58. The van der Waals surface area contributed by atoms with E-state index in [9.17, 15) is 9.59 Å². The molecule has 0 bridgehead atoms. The number of amides is 2. The first-order chi connectivity index (χ1) is 9.16. The Kier molecular flexibility index (Phi) is 6.48. The van der Waals surface area contributed by atoms with Gasteiger partial charge in [0.15, 0.2) is 0 Å². The Morgan fingerprint density at radius 1 is 1.30 bits per heavy atom. The summed E-state index contributed by atoms with van der Waals surface area (Å²) >= 11 is 0. The third-order valence-corrected chi connectivity index (χ3v) is 3.22. The van der Waals surface area contributed by atoms with E-state index in [0.717, 1.165) is 13.0 Å². The van der Waals surface area contributed by atoms with Crippen LogP contribution < -0.4 is 16.0 Å². The normalized spacial score (nSPS) is 16.6. The second-order valence-corrected chi connectivity index (χ2v) is 4.67. The molecule has 5 nitrogen and oxygen atoms in total. The molecule has 1 atom stereocenters. The number of halogens is 1. The van der Waals surface area contributed by atoms with Gasteiger partial charge in [0.1, 0.15) is 0 Å². The van der Waals surface area contributed by atoms with Crippen molar-refractivity contribution in [1.29, 1.82) is 0 Å². The summed E-state index contributed by atoms with van der Waals surface area (Å²) in [6.07, 6.45) is 1.02. The number of carbonyl (C=O) groups excluding carboxylic acids is 2. The van der Waals surface area contributed by atoms with Gasteiger partial charge in [-0.2, -0.15) is 0 Å². The minimum Gasteiger partial charge on any atom is -0.353 e. The molecule has 2 rings (SSSR count). The van der Waals surface area contributed by atoms with Crippen molar-refractivity contribution in [2.24, 2.45) is 0 Å². The second kappa shape index (κ2) is 7.87. The molecule has 1 aromatic rings. The van der Waals surface area contributed by atoms with Crippen molar-refractivity contribution in [2.75, 3.05) is 19.6 Å². The molecular weight excluding hydrogens is 278 g/mol. The van der Waals surface area contributed by atoms with Crippen molar-refractivity contribution in [2.45, 2.75) is 19.4 Å². The summed E-state index contributed by atoms with van der Waals surface area (Å²) in [5, 5.41) is 8.71. The minimum atomic E-state index is -0.198. The zero-order valence-corrected chi connectivity index (χ0v) is 12.3. The summed E-state index contributed by atoms with van der Waals surface area (Å²) in [5.74, 6) is -0.364. The van der Waals surface area contributed by atoms with Gasteiger partial charge in [-0.1, -0.05) is 24.3 Å². The highest BCUT2D eigenvalue weighted by atomic mass is 35.5. The van der Waals surface area contributed by atoms with Gasteiger partial charge in [-0.05, 0) is 24.1 Å². The summed E-state index contributed by atoms with van der Waals surface area (Å²) in [6, 6.07) is 8.41. The maximum Gasteiger partial charge on any atom is 0.239 e.